The molecular formula is C13H24N2O3S. The Balaban J connectivity index is 2.38. The summed E-state index contributed by atoms with van der Waals surface area (Å²) in [5.74, 6) is -0.830. The number of thioether (sulfide) groups is 1. The van der Waals surface area contributed by atoms with Crippen LogP contribution in [-0.4, -0.2) is 47.1 Å². The van der Waals surface area contributed by atoms with Crippen molar-refractivity contribution in [3.8, 4) is 0 Å². The Bertz CT molecular complexity index is 322. The van der Waals surface area contributed by atoms with Gasteiger partial charge < -0.3 is 15.7 Å². The van der Waals surface area contributed by atoms with Crippen LogP contribution < -0.4 is 10.6 Å². The van der Waals surface area contributed by atoms with Gasteiger partial charge in [-0.3, -0.25) is 4.79 Å². The molecule has 0 bridgehead atoms. The predicted molar refractivity (Wildman–Crippen MR) is 77.4 cm³/mol. The molecule has 1 aliphatic rings. The van der Waals surface area contributed by atoms with Gasteiger partial charge in [-0.1, -0.05) is 20.8 Å². The van der Waals surface area contributed by atoms with Gasteiger partial charge in [-0.15, -0.1) is 11.8 Å². The molecule has 1 amide bonds. The summed E-state index contributed by atoms with van der Waals surface area (Å²) in [7, 11) is 0. The molecule has 0 aromatic carbocycles. The molecule has 0 aromatic rings. The summed E-state index contributed by atoms with van der Waals surface area (Å²) < 4.78 is 0. The molecule has 1 heterocycles. The number of rotatable bonds is 5. The molecule has 1 saturated heterocycles. The summed E-state index contributed by atoms with van der Waals surface area (Å²) in [5.41, 5.74) is -0.485. The van der Waals surface area contributed by atoms with Crippen LogP contribution in [0.15, 0.2) is 0 Å². The van der Waals surface area contributed by atoms with E-state index in [1.807, 2.05) is 20.8 Å². The number of hydrogen-bond acceptors (Lipinski definition) is 4. The molecule has 0 saturated carbocycles. The highest BCUT2D eigenvalue weighted by Crippen LogP contribution is 2.22. The zero-order valence-electron chi connectivity index (χ0n) is 11.9. The largest absolute Gasteiger partial charge is 0.480 e. The molecule has 0 aromatic heterocycles. The van der Waals surface area contributed by atoms with E-state index in [4.69, 9.17) is 5.11 Å². The normalized spacial score (nSPS) is 18.9. The van der Waals surface area contributed by atoms with Crippen LogP contribution in [0.2, 0.25) is 0 Å². The monoisotopic (exact) mass is 288 g/mol. The third-order valence-electron chi connectivity index (χ3n) is 3.15. The van der Waals surface area contributed by atoms with Gasteiger partial charge in [-0.2, -0.15) is 0 Å². The Morgan fingerprint density at radius 3 is 2.42 bits per heavy atom. The summed E-state index contributed by atoms with van der Waals surface area (Å²) in [6.45, 7) is 7.43. The van der Waals surface area contributed by atoms with E-state index in [1.54, 1.807) is 11.8 Å². The Kier molecular flexibility index (Phi) is 6.13. The van der Waals surface area contributed by atoms with Crippen LogP contribution in [0.1, 0.15) is 33.6 Å². The first-order valence-corrected chi connectivity index (χ1v) is 7.70. The van der Waals surface area contributed by atoms with E-state index >= 15 is 0 Å². The number of nitrogens with one attached hydrogen (secondary N) is 2. The van der Waals surface area contributed by atoms with Crippen molar-refractivity contribution in [1.29, 1.82) is 0 Å². The molecule has 1 unspecified atom stereocenters. The Hall–Kier alpha value is -0.750. The van der Waals surface area contributed by atoms with Gasteiger partial charge in [0.05, 0.1) is 5.75 Å². The van der Waals surface area contributed by atoms with Gasteiger partial charge in [0.1, 0.15) is 6.04 Å². The molecule has 1 rings (SSSR count). The molecule has 0 aliphatic carbocycles. The molecule has 19 heavy (non-hydrogen) atoms. The Morgan fingerprint density at radius 2 is 1.95 bits per heavy atom. The minimum absolute atomic E-state index is 0.189. The zero-order valence-corrected chi connectivity index (χ0v) is 12.7. The highest BCUT2D eigenvalue weighted by atomic mass is 32.2. The fraction of sp³-hybridized carbons (Fsp3) is 0.846. The maximum Gasteiger partial charge on any atom is 0.326 e. The molecule has 0 spiro atoms. The summed E-state index contributed by atoms with van der Waals surface area (Å²) in [4.78, 5) is 23.0. The van der Waals surface area contributed by atoms with Gasteiger partial charge in [0.25, 0.3) is 0 Å². The van der Waals surface area contributed by atoms with Crippen molar-refractivity contribution < 1.29 is 14.7 Å². The molecule has 6 heteroatoms. The van der Waals surface area contributed by atoms with Crippen molar-refractivity contribution in [2.24, 2.45) is 5.41 Å². The SMILES string of the molecule is CC(C)(C)C(NC(=O)CSC1CCNCC1)C(=O)O. The Labute approximate surface area is 118 Å². The molecule has 1 atom stereocenters. The van der Waals surface area contributed by atoms with Crippen molar-refractivity contribution in [3.05, 3.63) is 0 Å². The van der Waals surface area contributed by atoms with Gasteiger partial charge in [0.15, 0.2) is 0 Å². The van der Waals surface area contributed by atoms with Crippen molar-refractivity contribution in [3.63, 3.8) is 0 Å². The summed E-state index contributed by atoms with van der Waals surface area (Å²) in [5, 5.41) is 15.5. The second-order valence-corrected chi connectivity index (χ2v) is 7.25. The molecule has 3 N–H and O–H groups in total. The minimum Gasteiger partial charge on any atom is -0.480 e. The van der Waals surface area contributed by atoms with E-state index in [0.717, 1.165) is 25.9 Å². The van der Waals surface area contributed by atoms with E-state index in [0.29, 0.717) is 11.0 Å². The first kappa shape index (κ1) is 16.3. The maximum atomic E-state index is 11.8. The van der Waals surface area contributed by atoms with Crippen LogP contribution in [0, 0.1) is 5.41 Å². The van der Waals surface area contributed by atoms with Crippen LogP contribution >= 0.6 is 11.8 Å². The fourth-order valence-corrected chi connectivity index (χ4v) is 3.05. The number of aliphatic carboxylic acids is 1. The summed E-state index contributed by atoms with van der Waals surface area (Å²) in [6.07, 6.45) is 2.14. The van der Waals surface area contributed by atoms with Gasteiger partial charge in [0, 0.05) is 5.25 Å². The van der Waals surface area contributed by atoms with E-state index in [2.05, 4.69) is 10.6 Å². The predicted octanol–water partition coefficient (Wildman–Crippen LogP) is 1.09. The smallest absolute Gasteiger partial charge is 0.326 e. The second kappa shape index (κ2) is 7.14. The molecular weight excluding hydrogens is 264 g/mol. The highest BCUT2D eigenvalue weighted by molar-refractivity contribution is 8.00. The number of carbonyl (C=O) groups excluding carboxylic acids is 1. The quantitative estimate of drug-likeness (QED) is 0.706. The first-order chi connectivity index (χ1) is 8.80. The molecule has 110 valence electrons. The van der Waals surface area contributed by atoms with Gasteiger partial charge in [-0.05, 0) is 31.3 Å². The number of hydrogen-bond donors (Lipinski definition) is 3. The molecule has 5 nitrogen and oxygen atoms in total. The van der Waals surface area contributed by atoms with E-state index in [-0.39, 0.29) is 5.91 Å². The number of carboxylic acid groups (broad SMARTS) is 1. The number of carboxylic acids is 1. The number of carbonyl (C=O) groups is 2. The summed E-state index contributed by atoms with van der Waals surface area (Å²) >= 11 is 1.62. The minimum atomic E-state index is -0.979. The van der Waals surface area contributed by atoms with Crippen LogP contribution in [-0.2, 0) is 9.59 Å². The number of piperidine rings is 1. The lowest BCUT2D eigenvalue weighted by Crippen LogP contribution is -2.49. The zero-order chi connectivity index (χ0) is 14.5. The lowest BCUT2D eigenvalue weighted by atomic mass is 9.87. The third kappa shape index (κ3) is 5.82. The van der Waals surface area contributed by atoms with Crippen molar-refractivity contribution >= 4 is 23.6 Å². The van der Waals surface area contributed by atoms with Crippen molar-refractivity contribution in [1.82, 2.24) is 10.6 Å². The van der Waals surface area contributed by atoms with Gasteiger partial charge >= 0.3 is 5.97 Å². The fourth-order valence-electron chi connectivity index (χ4n) is 2.01. The average molecular weight is 288 g/mol. The maximum absolute atomic E-state index is 11.8. The van der Waals surface area contributed by atoms with Gasteiger partial charge in [0.2, 0.25) is 5.91 Å². The van der Waals surface area contributed by atoms with Crippen LogP contribution in [0.3, 0.4) is 0 Å². The lowest BCUT2D eigenvalue weighted by molar-refractivity contribution is -0.144. The van der Waals surface area contributed by atoms with Crippen LogP contribution in [0.5, 0.6) is 0 Å². The van der Waals surface area contributed by atoms with E-state index < -0.39 is 17.4 Å². The molecule has 1 fully saturated rings. The van der Waals surface area contributed by atoms with Gasteiger partial charge in [-0.25, -0.2) is 4.79 Å². The molecule has 1 aliphatic heterocycles. The third-order valence-corrected chi connectivity index (χ3v) is 4.53. The standard InChI is InChI=1S/C13H24N2O3S/c1-13(2,3)11(12(17)18)15-10(16)8-19-9-4-6-14-7-5-9/h9,11,14H,4-8H2,1-3H3,(H,15,16)(H,17,18). The van der Waals surface area contributed by atoms with Crippen LogP contribution in [0.25, 0.3) is 0 Å². The van der Waals surface area contributed by atoms with Crippen LogP contribution in [0.4, 0.5) is 0 Å². The lowest BCUT2D eigenvalue weighted by Gasteiger charge is -2.28. The second-order valence-electron chi connectivity index (χ2n) is 5.97. The topological polar surface area (TPSA) is 78.4 Å². The average Bonchev–Trinajstić information content (AvgIpc) is 2.33. The summed E-state index contributed by atoms with van der Waals surface area (Å²) in [6, 6.07) is -0.839. The molecule has 0 radical (unpaired) electrons. The van der Waals surface area contributed by atoms with Crippen molar-refractivity contribution in [2.45, 2.75) is 44.9 Å². The number of amides is 1. The highest BCUT2D eigenvalue weighted by Gasteiger charge is 2.32. The van der Waals surface area contributed by atoms with E-state index in [9.17, 15) is 9.59 Å². The Morgan fingerprint density at radius 1 is 1.37 bits per heavy atom. The van der Waals surface area contributed by atoms with E-state index in [1.165, 1.54) is 0 Å². The van der Waals surface area contributed by atoms with Crippen molar-refractivity contribution in [2.75, 3.05) is 18.8 Å². The first-order valence-electron chi connectivity index (χ1n) is 6.65.